The number of fused-ring (bicyclic) bond motifs is 1. The first-order valence-electron chi connectivity index (χ1n) is 11.3. The first kappa shape index (κ1) is 27.8. The number of aliphatic hydroxyl groups excluding tert-OH is 1. The monoisotopic (exact) mass is 571 g/mol. The maximum absolute atomic E-state index is 15.1. The van der Waals surface area contributed by atoms with Crippen LogP contribution in [0.15, 0.2) is 6.33 Å². The summed E-state index contributed by atoms with van der Waals surface area (Å²) in [7, 11) is -4.32. The van der Waals surface area contributed by atoms with Gasteiger partial charge in [0.1, 0.15) is 12.2 Å². The molecule has 0 bridgehead atoms. The predicted octanol–water partition coefficient (Wildman–Crippen LogP) is 3.10. The van der Waals surface area contributed by atoms with Crippen LogP contribution in [0, 0.1) is 0 Å². The molecule has 2 aliphatic rings. The van der Waals surface area contributed by atoms with Gasteiger partial charge in [0.05, 0.1) is 12.9 Å². The van der Waals surface area contributed by atoms with Crippen LogP contribution in [-0.4, -0.2) is 87.7 Å². The molecule has 3 heterocycles. The highest BCUT2D eigenvalue weighted by Gasteiger charge is 2.47. The number of halogens is 2. The van der Waals surface area contributed by atoms with Gasteiger partial charge < -0.3 is 33.2 Å². The zero-order valence-electron chi connectivity index (χ0n) is 19.9. The quantitative estimate of drug-likeness (QED) is 0.317. The van der Waals surface area contributed by atoms with Gasteiger partial charge in [-0.1, -0.05) is 12.8 Å². The second kappa shape index (κ2) is 10.9. The molecule has 1 saturated heterocycles. The number of imidazole rings is 1. The summed E-state index contributed by atoms with van der Waals surface area (Å²) in [4.78, 5) is 24.9. The van der Waals surface area contributed by atoms with Crippen molar-refractivity contribution in [2.75, 3.05) is 38.7 Å². The van der Waals surface area contributed by atoms with Gasteiger partial charge >= 0.3 is 15.2 Å². The van der Waals surface area contributed by atoms with E-state index in [1.807, 2.05) is 11.9 Å². The summed E-state index contributed by atoms with van der Waals surface area (Å²) in [5.74, 6) is -0.414. The van der Waals surface area contributed by atoms with Crippen LogP contribution in [0.4, 0.5) is 10.2 Å². The minimum Gasteiger partial charge on any atom is -0.387 e. The fourth-order valence-electron chi connectivity index (χ4n) is 4.48. The van der Waals surface area contributed by atoms with Crippen molar-refractivity contribution >= 4 is 43.8 Å². The zero-order chi connectivity index (χ0) is 26.3. The Morgan fingerprint density at radius 3 is 2.58 bits per heavy atom. The van der Waals surface area contributed by atoms with Gasteiger partial charge in [-0.25, -0.2) is 9.37 Å². The molecule has 202 valence electrons. The van der Waals surface area contributed by atoms with Crippen molar-refractivity contribution in [1.82, 2.24) is 19.5 Å². The first-order chi connectivity index (χ1) is 17.0. The zero-order valence-corrected chi connectivity index (χ0v) is 22.5. The van der Waals surface area contributed by atoms with Crippen molar-refractivity contribution in [2.24, 2.45) is 0 Å². The van der Waals surface area contributed by atoms with Crippen molar-refractivity contribution in [3.05, 3.63) is 11.6 Å². The van der Waals surface area contributed by atoms with Gasteiger partial charge in [-0.05, 0) is 24.4 Å². The maximum Gasteiger partial charge on any atom is 0.342 e. The van der Waals surface area contributed by atoms with Crippen LogP contribution in [0.1, 0.15) is 31.9 Å². The third-order valence-corrected chi connectivity index (χ3v) is 11.1. The van der Waals surface area contributed by atoms with Crippen LogP contribution in [0.3, 0.4) is 0 Å². The normalized spacial score (nSPS) is 27.1. The minimum atomic E-state index is -4.49. The van der Waals surface area contributed by atoms with Crippen LogP contribution in [0.5, 0.6) is 0 Å². The molecule has 36 heavy (non-hydrogen) atoms. The molecular weight excluding hydrogens is 543 g/mol. The van der Waals surface area contributed by atoms with E-state index in [0.717, 1.165) is 39.9 Å². The Morgan fingerprint density at radius 1 is 1.28 bits per heavy atom. The van der Waals surface area contributed by atoms with Gasteiger partial charge in [0.2, 0.25) is 5.28 Å². The Morgan fingerprint density at radius 2 is 1.94 bits per heavy atom. The van der Waals surface area contributed by atoms with Gasteiger partial charge in [-0.2, -0.15) is 9.97 Å². The van der Waals surface area contributed by atoms with E-state index in [1.165, 1.54) is 10.9 Å². The van der Waals surface area contributed by atoms with Crippen LogP contribution >= 0.6 is 26.8 Å². The minimum absolute atomic E-state index is 0.0557. The number of aromatic nitrogens is 4. The molecule has 5 atom stereocenters. The summed E-state index contributed by atoms with van der Waals surface area (Å²) in [5.41, 5.74) is 0.610. The molecule has 4 rings (SSSR count). The third-order valence-electron chi connectivity index (χ3n) is 6.50. The highest BCUT2D eigenvalue weighted by atomic mass is 35.5. The molecule has 1 saturated carbocycles. The van der Waals surface area contributed by atoms with Gasteiger partial charge in [-0.3, -0.25) is 13.7 Å². The Kier molecular flexibility index (Phi) is 8.41. The van der Waals surface area contributed by atoms with Crippen molar-refractivity contribution in [3.8, 4) is 0 Å². The number of aliphatic hydroxyl groups is 1. The lowest BCUT2D eigenvalue weighted by atomic mass is 10.1. The number of alkyl halides is 1. The molecule has 1 unspecified atom stereocenters. The van der Waals surface area contributed by atoms with E-state index in [9.17, 15) is 19.1 Å². The Balaban J connectivity index is 1.53. The maximum atomic E-state index is 15.1. The summed E-state index contributed by atoms with van der Waals surface area (Å²) >= 11 is 6.18. The molecule has 1 aliphatic carbocycles. The third kappa shape index (κ3) is 5.62. The van der Waals surface area contributed by atoms with Crippen molar-refractivity contribution in [3.63, 3.8) is 0 Å². The first-order valence-corrected chi connectivity index (χ1v) is 15.1. The summed E-state index contributed by atoms with van der Waals surface area (Å²) < 4.78 is 60.9. The molecule has 2 fully saturated rings. The molecule has 13 nitrogen and oxygen atoms in total. The molecule has 2 aromatic heterocycles. The van der Waals surface area contributed by atoms with Gasteiger partial charge in [-0.15, -0.1) is 0 Å². The topological polar surface area (TPSA) is 158 Å². The molecule has 1 aliphatic heterocycles. The van der Waals surface area contributed by atoms with Crippen LogP contribution in [0.2, 0.25) is 5.28 Å². The fourth-order valence-corrected chi connectivity index (χ4v) is 8.17. The molecule has 0 amide bonds. The average Bonchev–Trinajstić information content (AvgIpc) is 3.58. The molecule has 2 aromatic rings. The lowest BCUT2D eigenvalue weighted by Gasteiger charge is -2.25. The molecular formula is C19H29ClFN5O8P2. The highest BCUT2D eigenvalue weighted by Crippen LogP contribution is 2.60. The van der Waals surface area contributed by atoms with Gasteiger partial charge in [0.15, 0.2) is 35.3 Å². The number of ether oxygens (including phenoxy) is 1. The molecule has 0 radical (unpaired) electrons. The Bertz CT molecular complexity index is 1180. The standard InChI is InChI=1S/C19H29ClFN5O8P2/c1-25(11-6-4-5-7-11)16-14-17(24-19(20)23-16)26(9-22-14)18-13(21)15(27)12(34-18)8-33-35(28,29)10-36(30,31-2)32-3/h9,11-13,15,18,27H,4-8,10H2,1-3H3,(H,28,29)/t12-,13-,15-,18-/m1/s1. The molecule has 17 heteroatoms. The van der Waals surface area contributed by atoms with Crippen molar-refractivity contribution < 1.29 is 41.8 Å². The number of nitrogens with zero attached hydrogens (tertiary/aromatic N) is 5. The SMILES string of the molecule is COP(=O)(CP(=O)(O)OC[C@H]1O[C@@H](n2cnc3c(N(C)C4CCCC4)nc(Cl)nc32)[C@H](F)[C@@H]1O)OC. The summed E-state index contributed by atoms with van der Waals surface area (Å²) in [6, 6.07) is 0.269. The lowest BCUT2D eigenvalue weighted by Crippen LogP contribution is -2.31. The second-order valence-electron chi connectivity index (χ2n) is 8.74. The van der Waals surface area contributed by atoms with E-state index in [-0.39, 0.29) is 17.0 Å². The van der Waals surface area contributed by atoms with E-state index in [4.69, 9.17) is 20.9 Å². The van der Waals surface area contributed by atoms with Crippen LogP contribution in [0.25, 0.3) is 11.2 Å². The summed E-state index contributed by atoms with van der Waals surface area (Å²) in [5, 5.41) is 10.3. The van der Waals surface area contributed by atoms with Gasteiger partial charge in [0, 0.05) is 27.3 Å². The number of anilines is 1. The average molecular weight is 572 g/mol. The van der Waals surface area contributed by atoms with E-state index in [1.54, 1.807) is 0 Å². The summed E-state index contributed by atoms with van der Waals surface area (Å²) in [6.45, 7) is -0.655. The lowest BCUT2D eigenvalue weighted by molar-refractivity contribution is -0.0425. The highest BCUT2D eigenvalue weighted by molar-refractivity contribution is 7.70. The van der Waals surface area contributed by atoms with Crippen molar-refractivity contribution in [1.29, 1.82) is 0 Å². The number of rotatable bonds is 10. The predicted molar refractivity (Wildman–Crippen MR) is 128 cm³/mol. The summed E-state index contributed by atoms with van der Waals surface area (Å²) in [6.07, 6.45) is -0.759. The van der Waals surface area contributed by atoms with Crippen LogP contribution < -0.4 is 4.90 Å². The fraction of sp³-hybridized carbons (Fsp3) is 0.737. The molecule has 0 aromatic carbocycles. The smallest absolute Gasteiger partial charge is 0.342 e. The van der Waals surface area contributed by atoms with E-state index in [0.29, 0.717) is 11.3 Å². The largest absolute Gasteiger partial charge is 0.387 e. The van der Waals surface area contributed by atoms with Gasteiger partial charge in [0.25, 0.3) is 0 Å². The Hall–Kier alpha value is -1.21. The van der Waals surface area contributed by atoms with E-state index in [2.05, 4.69) is 24.0 Å². The van der Waals surface area contributed by atoms with Crippen LogP contribution in [-0.2, 0) is 27.4 Å². The van der Waals surface area contributed by atoms with E-state index < -0.39 is 52.3 Å². The number of hydrogen-bond donors (Lipinski definition) is 2. The Labute approximate surface area is 211 Å². The molecule has 2 N–H and O–H groups in total. The number of hydrogen-bond acceptors (Lipinski definition) is 11. The molecule has 0 spiro atoms. The van der Waals surface area contributed by atoms with Crippen molar-refractivity contribution in [2.45, 2.75) is 56.3 Å². The second-order valence-corrected chi connectivity index (χ2v) is 13.7. The van der Waals surface area contributed by atoms with E-state index >= 15 is 4.39 Å².